The maximum Gasteiger partial charge on any atom is 0.159 e. The minimum absolute atomic E-state index is 0.151. The van der Waals surface area contributed by atoms with Crippen molar-refractivity contribution in [1.29, 1.82) is 0 Å². The Labute approximate surface area is 185 Å². The largest absolute Gasteiger partial charge is 0.387 e. The summed E-state index contributed by atoms with van der Waals surface area (Å²) in [5.41, 5.74) is 10.4. The smallest absolute Gasteiger partial charge is 0.159 e. The Morgan fingerprint density at radius 2 is 1.94 bits per heavy atom. The molecular formula is C23H27N5O2S. The number of nitrogens with two attached hydrogens (primary N) is 1. The van der Waals surface area contributed by atoms with Gasteiger partial charge in [0.2, 0.25) is 0 Å². The number of pyridine rings is 1. The highest BCUT2D eigenvalue weighted by atomic mass is 32.2. The van der Waals surface area contributed by atoms with Gasteiger partial charge in [-0.1, -0.05) is 12.1 Å². The number of hydrogen-bond donors (Lipinski definition) is 3. The molecular weight excluding hydrogens is 410 g/mol. The maximum atomic E-state index is 10.9. The van der Waals surface area contributed by atoms with E-state index < -0.39 is 12.3 Å². The number of aliphatic hydroxyl groups excluding tert-OH is 2. The predicted octanol–water partition coefficient (Wildman–Crippen LogP) is 3.39. The van der Waals surface area contributed by atoms with Gasteiger partial charge in [0.15, 0.2) is 6.23 Å². The lowest BCUT2D eigenvalue weighted by Crippen LogP contribution is -2.33. The highest BCUT2D eigenvalue weighted by Gasteiger charge is 2.28. The molecule has 3 heterocycles. The van der Waals surface area contributed by atoms with Crippen LogP contribution in [0, 0.1) is 13.8 Å². The predicted molar refractivity (Wildman–Crippen MR) is 126 cm³/mol. The van der Waals surface area contributed by atoms with Crippen LogP contribution in [-0.4, -0.2) is 47.3 Å². The number of fused-ring (bicyclic) bond motifs is 2. The number of anilines is 1. The number of aromatic nitrogens is 4. The molecule has 4 aromatic rings. The number of rotatable bonds is 7. The molecule has 162 valence electrons. The van der Waals surface area contributed by atoms with Crippen molar-refractivity contribution in [3.8, 4) is 0 Å². The monoisotopic (exact) mass is 437 g/mol. The van der Waals surface area contributed by atoms with E-state index in [4.69, 9.17) is 5.73 Å². The highest BCUT2D eigenvalue weighted by molar-refractivity contribution is 7.99. The van der Waals surface area contributed by atoms with E-state index in [-0.39, 0.29) is 5.25 Å². The van der Waals surface area contributed by atoms with E-state index in [9.17, 15) is 10.2 Å². The van der Waals surface area contributed by atoms with Crippen molar-refractivity contribution in [1.82, 2.24) is 19.5 Å². The third kappa shape index (κ3) is 4.23. The van der Waals surface area contributed by atoms with Gasteiger partial charge in [0, 0.05) is 22.2 Å². The molecule has 0 fully saturated rings. The Bertz CT molecular complexity index is 1230. The Balaban J connectivity index is 1.50. The van der Waals surface area contributed by atoms with Crippen LogP contribution in [0.1, 0.15) is 29.5 Å². The molecule has 0 aliphatic heterocycles. The van der Waals surface area contributed by atoms with Gasteiger partial charge in [0.05, 0.1) is 11.2 Å². The number of thioether (sulfide) groups is 1. The van der Waals surface area contributed by atoms with Crippen LogP contribution < -0.4 is 5.73 Å². The zero-order valence-corrected chi connectivity index (χ0v) is 18.7. The van der Waals surface area contributed by atoms with E-state index in [1.54, 1.807) is 22.5 Å². The third-order valence-electron chi connectivity index (χ3n) is 5.81. The van der Waals surface area contributed by atoms with Crippen LogP contribution >= 0.6 is 11.8 Å². The Morgan fingerprint density at radius 3 is 2.71 bits per heavy atom. The van der Waals surface area contributed by atoms with Crippen molar-refractivity contribution in [2.45, 2.75) is 44.3 Å². The van der Waals surface area contributed by atoms with E-state index in [1.165, 1.54) is 6.33 Å². The number of nitrogens with zero attached hydrogens (tertiary/aromatic N) is 4. The fraction of sp³-hybridized carbons (Fsp3) is 0.348. The summed E-state index contributed by atoms with van der Waals surface area (Å²) in [6, 6.07) is 10.1. The van der Waals surface area contributed by atoms with Gasteiger partial charge in [-0.05, 0) is 62.3 Å². The van der Waals surface area contributed by atoms with Gasteiger partial charge in [-0.15, -0.1) is 0 Å². The summed E-state index contributed by atoms with van der Waals surface area (Å²) in [6.07, 6.45) is 4.60. The first-order chi connectivity index (χ1) is 14.9. The van der Waals surface area contributed by atoms with Crippen molar-refractivity contribution in [3.05, 3.63) is 59.7 Å². The first kappa shape index (κ1) is 21.5. The lowest BCUT2D eigenvalue weighted by Gasteiger charge is -2.26. The fourth-order valence-electron chi connectivity index (χ4n) is 3.89. The van der Waals surface area contributed by atoms with E-state index >= 15 is 0 Å². The lowest BCUT2D eigenvalue weighted by atomic mass is 10.0. The summed E-state index contributed by atoms with van der Waals surface area (Å²) in [4.78, 5) is 13.0. The van der Waals surface area contributed by atoms with Crippen LogP contribution in [0.25, 0.3) is 21.9 Å². The molecule has 0 bridgehead atoms. The summed E-state index contributed by atoms with van der Waals surface area (Å²) in [7, 11) is 0. The summed E-state index contributed by atoms with van der Waals surface area (Å²) in [6.45, 7) is 3.85. The second-order valence-corrected chi connectivity index (χ2v) is 8.93. The molecule has 3 aromatic heterocycles. The van der Waals surface area contributed by atoms with Gasteiger partial charge < -0.3 is 20.5 Å². The minimum Gasteiger partial charge on any atom is -0.387 e. The minimum atomic E-state index is -1.09. The standard InChI is InChI=1S/C23H27N5O2S/c1-13-10-16-6-4-15(11-18(16)27-21(13)24)5-7-19(31-3)20(29)23(30)28-9-8-17-14(2)25-12-26-22(17)28/h4,6,8-12,19-20,23,29-30H,5,7H2,1-3H3,(H2,24,27)/t19-,20-,23-/m1/s1. The zero-order chi connectivity index (χ0) is 22.1. The molecule has 31 heavy (non-hydrogen) atoms. The topological polar surface area (TPSA) is 110 Å². The van der Waals surface area contributed by atoms with E-state index in [0.29, 0.717) is 17.9 Å². The molecule has 0 amide bonds. The highest BCUT2D eigenvalue weighted by Crippen LogP contribution is 2.28. The maximum absolute atomic E-state index is 10.9. The van der Waals surface area contributed by atoms with Crippen LogP contribution in [0.3, 0.4) is 0 Å². The lowest BCUT2D eigenvalue weighted by molar-refractivity contribution is -0.0270. The van der Waals surface area contributed by atoms with Crippen LogP contribution in [0.4, 0.5) is 5.82 Å². The van der Waals surface area contributed by atoms with E-state index in [0.717, 1.165) is 39.5 Å². The van der Waals surface area contributed by atoms with Crippen LogP contribution in [0.15, 0.2) is 42.9 Å². The Hall–Kier alpha value is -2.68. The second-order valence-electron chi connectivity index (χ2n) is 7.85. The molecule has 0 saturated heterocycles. The molecule has 0 aliphatic rings. The number of aryl methyl sites for hydroxylation is 3. The summed E-state index contributed by atoms with van der Waals surface area (Å²) in [5, 5.41) is 23.6. The zero-order valence-electron chi connectivity index (χ0n) is 17.9. The molecule has 8 heteroatoms. The Morgan fingerprint density at radius 1 is 1.13 bits per heavy atom. The van der Waals surface area contributed by atoms with Gasteiger partial charge in [0.1, 0.15) is 23.9 Å². The van der Waals surface area contributed by atoms with Gasteiger partial charge in [-0.25, -0.2) is 15.0 Å². The number of hydrogen-bond acceptors (Lipinski definition) is 7. The summed E-state index contributed by atoms with van der Waals surface area (Å²) in [5.74, 6) is 0.545. The Kier molecular flexibility index (Phi) is 6.13. The molecule has 1 aromatic carbocycles. The van der Waals surface area contributed by atoms with Gasteiger partial charge in [-0.3, -0.25) is 0 Å². The molecule has 4 N–H and O–H groups in total. The molecule has 0 spiro atoms. The van der Waals surface area contributed by atoms with Crippen molar-refractivity contribution in [3.63, 3.8) is 0 Å². The second kappa shape index (κ2) is 8.82. The molecule has 0 unspecified atom stereocenters. The summed E-state index contributed by atoms with van der Waals surface area (Å²) >= 11 is 1.55. The first-order valence-corrected chi connectivity index (χ1v) is 11.5. The van der Waals surface area contributed by atoms with Crippen LogP contribution in [0.5, 0.6) is 0 Å². The summed E-state index contributed by atoms with van der Waals surface area (Å²) < 4.78 is 1.61. The van der Waals surface area contributed by atoms with E-state index in [1.807, 2.05) is 38.3 Å². The molecule has 3 atom stereocenters. The average Bonchev–Trinajstić information content (AvgIpc) is 3.20. The van der Waals surface area contributed by atoms with Crippen molar-refractivity contribution < 1.29 is 10.2 Å². The van der Waals surface area contributed by atoms with Crippen molar-refractivity contribution in [2.75, 3.05) is 12.0 Å². The molecule has 0 radical (unpaired) electrons. The number of aliphatic hydroxyl groups is 2. The fourth-order valence-corrected chi connectivity index (χ4v) is 4.67. The molecule has 0 saturated carbocycles. The van der Waals surface area contributed by atoms with Gasteiger partial charge >= 0.3 is 0 Å². The molecule has 7 nitrogen and oxygen atoms in total. The van der Waals surface area contributed by atoms with Crippen LogP contribution in [-0.2, 0) is 6.42 Å². The number of nitrogen functional groups attached to an aromatic ring is 1. The third-order valence-corrected chi connectivity index (χ3v) is 6.93. The van der Waals surface area contributed by atoms with E-state index in [2.05, 4.69) is 27.1 Å². The van der Waals surface area contributed by atoms with Crippen LogP contribution in [0.2, 0.25) is 0 Å². The average molecular weight is 438 g/mol. The van der Waals surface area contributed by atoms with Gasteiger partial charge in [0.25, 0.3) is 0 Å². The molecule has 0 aliphatic carbocycles. The SMILES string of the molecule is CS[C@H](CCc1ccc2cc(C)c(N)nc2c1)[C@@H](O)[C@@H](O)n1ccc2c(C)ncnc21. The van der Waals surface area contributed by atoms with Crippen molar-refractivity contribution >= 4 is 39.5 Å². The number of benzene rings is 1. The van der Waals surface area contributed by atoms with Crippen molar-refractivity contribution in [2.24, 2.45) is 0 Å². The first-order valence-electron chi connectivity index (χ1n) is 10.2. The molecule has 4 rings (SSSR count). The van der Waals surface area contributed by atoms with Gasteiger partial charge in [-0.2, -0.15) is 11.8 Å². The normalized spacial score (nSPS) is 14.7. The quantitative estimate of drug-likeness (QED) is 0.406.